The van der Waals surface area contributed by atoms with E-state index in [-0.39, 0.29) is 5.78 Å². The topological polar surface area (TPSA) is 30.2 Å². The highest BCUT2D eigenvalue weighted by atomic mass is 79.9. The molecule has 0 N–H and O–H groups in total. The predicted molar refractivity (Wildman–Crippen MR) is 71.6 cm³/mol. The number of furan rings is 1. The average molecular weight is 291 g/mol. The van der Waals surface area contributed by atoms with E-state index in [1.807, 2.05) is 36.4 Å². The lowest BCUT2D eigenvalue weighted by atomic mass is 10.2. The Morgan fingerprint density at radius 3 is 2.53 bits per heavy atom. The van der Waals surface area contributed by atoms with E-state index >= 15 is 0 Å². The molecule has 3 heteroatoms. The van der Waals surface area contributed by atoms with Crippen molar-refractivity contribution in [2.24, 2.45) is 0 Å². The number of rotatable bonds is 3. The molecule has 0 fully saturated rings. The maximum Gasteiger partial charge on any atom is 0.152 e. The number of carbonyl (C=O) groups is 1. The van der Waals surface area contributed by atoms with E-state index < -0.39 is 0 Å². The molecule has 1 heterocycles. The highest BCUT2D eigenvalue weighted by Gasteiger charge is 2.02. The van der Waals surface area contributed by atoms with Crippen molar-refractivity contribution in [1.82, 2.24) is 0 Å². The summed E-state index contributed by atoms with van der Waals surface area (Å²) in [6, 6.07) is 11.6. The zero-order valence-electron chi connectivity index (χ0n) is 9.31. The first kappa shape index (κ1) is 11.9. The van der Waals surface area contributed by atoms with Crippen LogP contribution in [0.3, 0.4) is 0 Å². The fraction of sp³-hybridized carbons (Fsp3) is 0.0714. The fourth-order valence-electron chi connectivity index (χ4n) is 1.41. The minimum absolute atomic E-state index is 0.00610. The lowest BCUT2D eigenvalue weighted by Gasteiger charge is -1.96. The van der Waals surface area contributed by atoms with Crippen LogP contribution in [0.2, 0.25) is 0 Å². The van der Waals surface area contributed by atoms with Gasteiger partial charge in [-0.25, -0.2) is 0 Å². The van der Waals surface area contributed by atoms with Gasteiger partial charge in [-0.05, 0) is 43.3 Å². The Kier molecular flexibility index (Phi) is 3.59. The van der Waals surface area contributed by atoms with Crippen LogP contribution in [-0.2, 0) is 4.79 Å². The van der Waals surface area contributed by atoms with Crippen molar-refractivity contribution in [2.75, 3.05) is 0 Å². The van der Waals surface area contributed by atoms with Gasteiger partial charge in [0.1, 0.15) is 11.5 Å². The third-order valence-electron chi connectivity index (χ3n) is 2.24. The minimum Gasteiger partial charge on any atom is -0.457 e. The molecule has 0 aliphatic carbocycles. The van der Waals surface area contributed by atoms with Gasteiger partial charge in [-0.2, -0.15) is 0 Å². The van der Waals surface area contributed by atoms with Crippen LogP contribution in [0.15, 0.2) is 51.4 Å². The van der Waals surface area contributed by atoms with E-state index in [1.54, 1.807) is 6.08 Å². The molecule has 2 nitrogen and oxygen atoms in total. The Morgan fingerprint density at radius 2 is 1.88 bits per heavy atom. The van der Waals surface area contributed by atoms with Crippen molar-refractivity contribution < 1.29 is 9.21 Å². The van der Waals surface area contributed by atoms with Crippen LogP contribution in [0.4, 0.5) is 0 Å². The maximum atomic E-state index is 10.8. The van der Waals surface area contributed by atoms with Crippen LogP contribution >= 0.6 is 15.9 Å². The van der Waals surface area contributed by atoms with Crippen LogP contribution in [-0.4, -0.2) is 5.78 Å². The SMILES string of the molecule is CC(=O)/C=C/c1ccc(-c2ccc(Br)cc2)o1. The molecule has 0 amide bonds. The van der Waals surface area contributed by atoms with Gasteiger partial charge in [0.05, 0.1) is 0 Å². The second-order valence-electron chi connectivity index (χ2n) is 3.65. The molecular weight excluding hydrogens is 280 g/mol. The number of benzene rings is 1. The summed E-state index contributed by atoms with van der Waals surface area (Å²) in [7, 11) is 0. The summed E-state index contributed by atoms with van der Waals surface area (Å²) < 4.78 is 6.64. The summed E-state index contributed by atoms with van der Waals surface area (Å²) >= 11 is 3.38. The second-order valence-corrected chi connectivity index (χ2v) is 4.57. The smallest absolute Gasteiger partial charge is 0.152 e. The van der Waals surface area contributed by atoms with Gasteiger partial charge in [-0.1, -0.05) is 28.1 Å². The highest BCUT2D eigenvalue weighted by Crippen LogP contribution is 2.24. The van der Waals surface area contributed by atoms with E-state index in [9.17, 15) is 4.79 Å². The molecule has 1 aromatic carbocycles. The quantitative estimate of drug-likeness (QED) is 0.789. The molecular formula is C14H11BrO2. The van der Waals surface area contributed by atoms with Gasteiger partial charge in [0.2, 0.25) is 0 Å². The lowest BCUT2D eigenvalue weighted by Crippen LogP contribution is -1.78. The van der Waals surface area contributed by atoms with Gasteiger partial charge in [0.15, 0.2) is 5.78 Å². The fourth-order valence-corrected chi connectivity index (χ4v) is 1.68. The Balaban J connectivity index is 2.23. The maximum absolute atomic E-state index is 10.8. The number of hydrogen-bond donors (Lipinski definition) is 0. The van der Waals surface area contributed by atoms with Crippen LogP contribution in [0.1, 0.15) is 12.7 Å². The first-order valence-electron chi connectivity index (χ1n) is 5.19. The summed E-state index contributed by atoms with van der Waals surface area (Å²) in [6.45, 7) is 1.51. The van der Waals surface area contributed by atoms with Gasteiger partial charge < -0.3 is 4.42 Å². The molecule has 0 aliphatic rings. The summed E-state index contributed by atoms with van der Waals surface area (Å²) in [5.41, 5.74) is 1.01. The molecule has 2 aromatic rings. The standard InChI is InChI=1S/C14H11BrO2/c1-10(16)2-7-13-8-9-14(17-13)11-3-5-12(15)6-4-11/h2-9H,1H3/b7-2+. The van der Waals surface area contributed by atoms with Crippen LogP contribution < -0.4 is 0 Å². The van der Waals surface area contributed by atoms with Gasteiger partial charge in [0, 0.05) is 10.0 Å². The molecule has 0 bridgehead atoms. The van der Waals surface area contributed by atoms with Crippen molar-refractivity contribution in [1.29, 1.82) is 0 Å². The van der Waals surface area contributed by atoms with E-state index in [1.165, 1.54) is 13.0 Å². The van der Waals surface area contributed by atoms with Crippen molar-refractivity contribution in [3.8, 4) is 11.3 Å². The Morgan fingerprint density at radius 1 is 1.18 bits per heavy atom. The number of carbonyl (C=O) groups excluding carboxylic acids is 1. The number of halogens is 1. The Bertz CT molecular complexity index is 550. The van der Waals surface area contributed by atoms with Crippen molar-refractivity contribution in [3.05, 3.63) is 52.7 Å². The van der Waals surface area contributed by atoms with Gasteiger partial charge in [0.25, 0.3) is 0 Å². The molecule has 0 aliphatic heterocycles. The van der Waals surface area contributed by atoms with E-state index in [2.05, 4.69) is 15.9 Å². The van der Waals surface area contributed by atoms with Gasteiger partial charge in [-0.15, -0.1) is 0 Å². The van der Waals surface area contributed by atoms with E-state index in [4.69, 9.17) is 4.42 Å². The summed E-state index contributed by atoms with van der Waals surface area (Å²) in [4.78, 5) is 10.8. The molecule has 0 atom stereocenters. The zero-order valence-corrected chi connectivity index (χ0v) is 10.9. The Labute approximate surface area is 108 Å². The van der Waals surface area contributed by atoms with Gasteiger partial charge in [-0.3, -0.25) is 4.79 Å². The van der Waals surface area contributed by atoms with E-state index in [0.717, 1.165) is 15.8 Å². The first-order chi connectivity index (χ1) is 8.15. The molecule has 86 valence electrons. The van der Waals surface area contributed by atoms with Crippen LogP contribution in [0.25, 0.3) is 17.4 Å². The molecule has 1 aromatic heterocycles. The summed E-state index contributed by atoms with van der Waals surface area (Å²) in [6.07, 6.45) is 3.16. The summed E-state index contributed by atoms with van der Waals surface area (Å²) in [5, 5.41) is 0. The van der Waals surface area contributed by atoms with E-state index in [0.29, 0.717) is 5.76 Å². The number of ketones is 1. The van der Waals surface area contributed by atoms with Crippen molar-refractivity contribution >= 4 is 27.8 Å². The van der Waals surface area contributed by atoms with Gasteiger partial charge >= 0.3 is 0 Å². The highest BCUT2D eigenvalue weighted by molar-refractivity contribution is 9.10. The molecule has 0 unspecified atom stereocenters. The Hall–Kier alpha value is -1.61. The van der Waals surface area contributed by atoms with Crippen molar-refractivity contribution in [2.45, 2.75) is 6.92 Å². The molecule has 0 saturated heterocycles. The van der Waals surface area contributed by atoms with Crippen LogP contribution in [0.5, 0.6) is 0 Å². The monoisotopic (exact) mass is 290 g/mol. The second kappa shape index (κ2) is 5.15. The largest absolute Gasteiger partial charge is 0.457 e. The lowest BCUT2D eigenvalue weighted by molar-refractivity contribution is -0.112. The average Bonchev–Trinajstić information content (AvgIpc) is 2.76. The zero-order chi connectivity index (χ0) is 12.3. The van der Waals surface area contributed by atoms with Crippen LogP contribution in [0, 0.1) is 0 Å². The number of hydrogen-bond acceptors (Lipinski definition) is 2. The molecule has 0 spiro atoms. The minimum atomic E-state index is 0.00610. The number of allylic oxidation sites excluding steroid dienone is 1. The predicted octanol–water partition coefficient (Wildman–Crippen LogP) is 4.31. The molecule has 0 radical (unpaired) electrons. The molecule has 0 saturated carbocycles. The summed E-state index contributed by atoms with van der Waals surface area (Å²) in [5.74, 6) is 1.48. The first-order valence-corrected chi connectivity index (χ1v) is 5.99. The normalized spacial score (nSPS) is 10.9. The van der Waals surface area contributed by atoms with Crippen molar-refractivity contribution in [3.63, 3.8) is 0 Å². The molecule has 2 rings (SSSR count). The molecule has 17 heavy (non-hydrogen) atoms. The third-order valence-corrected chi connectivity index (χ3v) is 2.77. The third kappa shape index (κ3) is 3.17.